The van der Waals surface area contributed by atoms with Crippen molar-refractivity contribution in [3.8, 4) is 0 Å². The minimum atomic E-state index is -0.179. The molecule has 0 unspecified atom stereocenters. The van der Waals surface area contributed by atoms with Crippen LogP contribution in [0, 0.1) is 0 Å². The Bertz CT molecular complexity index is 730. The molecule has 3 rings (SSSR count). The highest BCUT2D eigenvalue weighted by molar-refractivity contribution is 8.18. The second kappa shape index (κ2) is 7.44. The van der Waals surface area contributed by atoms with Crippen LogP contribution in [-0.2, 0) is 9.59 Å². The summed E-state index contributed by atoms with van der Waals surface area (Å²) in [6.07, 6.45) is 1.90. The van der Waals surface area contributed by atoms with Gasteiger partial charge in [0, 0.05) is 33.1 Å². The van der Waals surface area contributed by atoms with E-state index in [0.717, 1.165) is 23.8 Å². The SMILES string of the molecule is CC(=O)N1CCN(C2=NC(=O)/C(=C/c3ccc(C(C)C)cc3)S2)CC1. The van der Waals surface area contributed by atoms with Gasteiger partial charge in [0.1, 0.15) is 0 Å². The highest BCUT2D eigenvalue weighted by atomic mass is 32.2. The third kappa shape index (κ3) is 4.12. The molecule has 2 heterocycles. The summed E-state index contributed by atoms with van der Waals surface area (Å²) in [6, 6.07) is 8.29. The Morgan fingerprint density at radius 1 is 1.16 bits per heavy atom. The van der Waals surface area contributed by atoms with Crippen molar-refractivity contribution in [2.24, 2.45) is 4.99 Å². The quantitative estimate of drug-likeness (QED) is 0.764. The van der Waals surface area contributed by atoms with Crippen molar-refractivity contribution >= 4 is 34.8 Å². The third-order valence-corrected chi connectivity index (χ3v) is 5.55. The zero-order valence-corrected chi connectivity index (χ0v) is 15.7. The molecule has 0 bridgehead atoms. The van der Waals surface area contributed by atoms with Gasteiger partial charge in [-0.3, -0.25) is 9.59 Å². The number of piperazine rings is 1. The van der Waals surface area contributed by atoms with Gasteiger partial charge in [-0.05, 0) is 34.9 Å². The molecule has 1 aromatic carbocycles. The number of amidine groups is 1. The monoisotopic (exact) mass is 357 g/mol. The molecule has 25 heavy (non-hydrogen) atoms. The lowest BCUT2D eigenvalue weighted by molar-refractivity contribution is -0.130. The lowest BCUT2D eigenvalue weighted by Crippen LogP contribution is -2.49. The van der Waals surface area contributed by atoms with Crippen LogP contribution in [-0.4, -0.2) is 53.0 Å². The second-order valence-electron chi connectivity index (χ2n) is 6.62. The first-order valence-corrected chi connectivity index (χ1v) is 9.38. The van der Waals surface area contributed by atoms with E-state index in [1.54, 1.807) is 6.92 Å². The summed E-state index contributed by atoms with van der Waals surface area (Å²) >= 11 is 1.42. The second-order valence-corrected chi connectivity index (χ2v) is 7.63. The first-order valence-electron chi connectivity index (χ1n) is 8.57. The average Bonchev–Trinajstić information content (AvgIpc) is 2.96. The zero-order chi connectivity index (χ0) is 18.0. The lowest BCUT2D eigenvalue weighted by atomic mass is 10.0. The summed E-state index contributed by atoms with van der Waals surface area (Å²) in [5.41, 5.74) is 2.30. The molecule has 2 aliphatic rings. The number of nitrogens with zero attached hydrogens (tertiary/aromatic N) is 3. The van der Waals surface area contributed by atoms with Gasteiger partial charge in [-0.25, -0.2) is 0 Å². The van der Waals surface area contributed by atoms with E-state index < -0.39 is 0 Å². The average molecular weight is 357 g/mol. The van der Waals surface area contributed by atoms with E-state index >= 15 is 0 Å². The standard InChI is InChI=1S/C19H23N3O2S/c1-13(2)16-6-4-15(5-7-16)12-17-18(24)20-19(25-17)22-10-8-21(9-11-22)14(3)23/h4-7,12-13H,8-11H2,1-3H3/b17-12-. The van der Waals surface area contributed by atoms with E-state index in [9.17, 15) is 9.59 Å². The van der Waals surface area contributed by atoms with E-state index in [1.807, 2.05) is 23.1 Å². The lowest BCUT2D eigenvalue weighted by Gasteiger charge is -2.34. The van der Waals surface area contributed by atoms with Crippen molar-refractivity contribution in [2.75, 3.05) is 26.2 Å². The number of amides is 2. The van der Waals surface area contributed by atoms with Crippen LogP contribution < -0.4 is 0 Å². The molecule has 0 aromatic heterocycles. The Morgan fingerprint density at radius 3 is 2.36 bits per heavy atom. The van der Waals surface area contributed by atoms with E-state index in [2.05, 4.69) is 35.9 Å². The molecule has 1 saturated heterocycles. The number of carbonyl (C=O) groups is 2. The molecule has 1 aromatic rings. The Balaban J connectivity index is 1.65. The number of rotatable bonds is 2. The van der Waals surface area contributed by atoms with Crippen molar-refractivity contribution in [2.45, 2.75) is 26.7 Å². The minimum Gasteiger partial charge on any atom is -0.347 e. The van der Waals surface area contributed by atoms with Crippen LogP contribution in [0.4, 0.5) is 0 Å². The van der Waals surface area contributed by atoms with Crippen molar-refractivity contribution in [3.05, 3.63) is 40.3 Å². The Labute approximate surface area is 152 Å². The molecular formula is C19H23N3O2S. The normalized spacial score (nSPS) is 19.8. The van der Waals surface area contributed by atoms with Gasteiger partial charge in [-0.2, -0.15) is 4.99 Å². The molecule has 1 fully saturated rings. The van der Waals surface area contributed by atoms with Gasteiger partial charge in [0.15, 0.2) is 5.17 Å². The van der Waals surface area contributed by atoms with E-state index in [-0.39, 0.29) is 11.8 Å². The summed E-state index contributed by atoms with van der Waals surface area (Å²) < 4.78 is 0. The molecule has 6 heteroatoms. The maximum atomic E-state index is 12.2. The van der Waals surface area contributed by atoms with Crippen LogP contribution in [0.25, 0.3) is 6.08 Å². The van der Waals surface area contributed by atoms with Gasteiger partial charge in [0.05, 0.1) is 4.91 Å². The molecule has 0 N–H and O–H groups in total. The summed E-state index contributed by atoms with van der Waals surface area (Å²) in [6.45, 7) is 8.71. The first kappa shape index (κ1) is 17.7. The fourth-order valence-electron chi connectivity index (χ4n) is 2.87. The van der Waals surface area contributed by atoms with E-state index in [0.29, 0.717) is 23.9 Å². The summed E-state index contributed by atoms with van der Waals surface area (Å²) in [7, 11) is 0. The predicted molar refractivity (Wildman–Crippen MR) is 102 cm³/mol. The molecule has 0 spiro atoms. The molecule has 5 nitrogen and oxygen atoms in total. The van der Waals surface area contributed by atoms with Crippen molar-refractivity contribution in [1.82, 2.24) is 9.80 Å². The van der Waals surface area contributed by atoms with Crippen LogP contribution in [0.3, 0.4) is 0 Å². The fourth-order valence-corrected chi connectivity index (χ4v) is 3.84. The number of hydrogen-bond donors (Lipinski definition) is 0. The van der Waals surface area contributed by atoms with E-state index in [4.69, 9.17) is 0 Å². The molecule has 2 amide bonds. The van der Waals surface area contributed by atoms with E-state index in [1.165, 1.54) is 17.3 Å². The van der Waals surface area contributed by atoms with Crippen molar-refractivity contribution in [3.63, 3.8) is 0 Å². The van der Waals surface area contributed by atoms with Crippen LogP contribution in [0.2, 0.25) is 0 Å². The molecule has 0 saturated carbocycles. The fraction of sp³-hybridized carbons (Fsp3) is 0.421. The number of hydrogen-bond acceptors (Lipinski definition) is 4. The predicted octanol–water partition coefficient (Wildman–Crippen LogP) is 2.94. The molecule has 132 valence electrons. The van der Waals surface area contributed by atoms with Crippen LogP contribution >= 0.6 is 11.8 Å². The highest BCUT2D eigenvalue weighted by Crippen LogP contribution is 2.31. The molecule has 0 aliphatic carbocycles. The Morgan fingerprint density at radius 2 is 1.80 bits per heavy atom. The number of aliphatic imine (C=N–C) groups is 1. The van der Waals surface area contributed by atoms with Gasteiger partial charge in [0.2, 0.25) is 5.91 Å². The van der Waals surface area contributed by atoms with Gasteiger partial charge < -0.3 is 9.80 Å². The largest absolute Gasteiger partial charge is 0.347 e. The van der Waals surface area contributed by atoms with Crippen molar-refractivity contribution < 1.29 is 9.59 Å². The first-order chi connectivity index (χ1) is 11.9. The summed E-state index contributed by atoms with van der Waals surface area (Å²) in [5, 5.41) is 0.748. The smallest absolute Gasteiger partial charge is 0.286 e. The molecule has 0 atom stereocenters. The molecule has 2 aliphatic heterocycles. The molecule has 0 radical (unpaired) electrons. The third-order valence-electron chi connectivity index (χ3n) is 4.51. The Kier molecular flexibility index (Phi) is 5.27. The van der Waals surface area contributed by atoms with Crippen molar-refractivity contribution in [1.29, 1.82) is 0 Å². The number of thioether (sulfide) groups is 1. The maximum absolute atomic E-state index is 12.2. The van der Waals surface area contributed by atoms with Gasteiger partial charge in [-0.1, -0.05) is 38.1 Å². The molecular weight excluding hydrogens is 334 g/mol. The van der Waals surface area contributed by atoms with Crippen LogP contribution in [0.1, 0.15) is 37.8 Å². The zero-order valence-electron chi connectivity index (χ0n) is 14.9. The highest BCUT2D eigenvalue weighted by Gasteiger charge is 2.28. The summed E-state index contributed by atoms with van der Waals surface area (Å²) in [5.74, 6) is 0.414. The van der Waals surface area contributed by atoms with Gasteiger partial charge >= 0.3 is 0 Å². The Hall–Kier alpha value is -2.08. The maximum Gasteiger partial charge on any atom is 0.286 e. The minimum absolute atomic E-state index is 0.0992. The van der Waals surface area contributed by atoms with Gasteiger partial charge in [0.25, 0.3) is 5.91 Å². The summed E-state index contributed by atoms with van der Waals surface area (Å²) in [4.78, 5) is 32.4. The van der Waals surface area contributed by atoms with Gasteiger partial charge in [-0.15, -0.1) is 0 Å². The van der Waals surface area contributed by atoms with Crippen LogP contribution in [0.5, 0.6) is 0 Å². The van der Waals surface area contributed by atoms with Crippen LogP contribution in [0.15, 0.2) is 34.2 Å². The topological polar surface area (TPSA) is 53.0 Å². The number of benzene rings is 1. The number of carbonyl (C=O) groups excluding carboxylic acids is 2.